The first-order valence-corrected chi connectivity index (χ1v) is 7.63. The quantitative estimate of drug-likeness (QED) is 0.453. The third-order valence-electron chi connectivity index (χ3n) is 3.16. The lowest BCUT2D eigenvalue weighted by Crippen LogP contribution is -2.11. The zero-order chi connectivity index (χ0) is 16.2. The van der Waals surface area contributed by atoms with Gasteiger partial charge in [0.1, 0.15) is 0 Å². The zero-order valence-corrected chi connectivity index (χ0v) is 13.0. The molecule has 1 aromatic carbocycles. The molecule has 1 N–H and O–H groups in total. The molecule has 0 unspecified atom stereocenters. The predicted octanol–water partition coefficient (Wildman–Crippen LogP) is 2.87. The van der Waals surface area contributed by atoms with Crippen molar-refractivity contribution >= 4 is 23.2 Å². The first-order chi connectivity index (χ1) is 11.2. The Balaban J connectivity index is 2.08. The molecule has 8 heteroatoms. The van der Waals surface area contributed by atoms with E-state index in [1.807, 2.05) is 29.8 Å². The van der Waals surface area contributed by atoms with Gasteiger partial charge in [-0.3, -0.25) is 15.1 Å². The van der Waals surface area contributed by atoms with Gasteiger partial charge in [-0.25, -0.2) is 4.68 Å². The summed E-state index contributed by atoms with van der Waals surface area (Å²) in [6.45, 7) is 0. The van der Waals surface area contributed by atoms with Crippen LogP contribution in [0.2, 0.25) is 0 Å². The van der Waals surface area contributed by atoms with Gasteiger partial charge in [0.15, 0.2) is 0 Å². The Hall–Kier alpha value is -3.00. The first-order valence-electron chi connectivity index (χ1n) is 6.75. The third kappa shape index (κ3) is 3.11. The van der Waals surface area contributed by atoms with Gasteiger partial charge in [-0.1, -0.05) is 12.1 Å². The van der Waals surface area contributed by atoms with Crippen molar-refractivity contribution in [1.82, 2.24) is 9.66 Å². The Morgan fingerprint density at radius 3 is 2.91 bits per heavy atom. The molecule has 0 amide bonds. The number of nitro groups is 1. The van der Waals surface area contributed by atoms with E-state index in [4.69, 9.17) is 0 Å². The van der Waals surface area contributed by atoms with Crippen LogP contribution in [0.4, 0.5) is 5.69 Å². The average Bonchev–Trinajstić information content (AvgIpc) is 3.22. The van der Waals surface area contributed by atoms with E-state index >= 15 is 0 Å². The average molecular weight is 327 g/mol. The van der Waals surface area contributed by atoms with Gasteiger partial charge < -0.3 is 4.98 Å². The Morgan fingerprint density at radius 1 is 1.35 bits per heavy atom. The van der Waals surface area contributed by atoms with E-state index in [-0.39, 0.29) is 5.69 Å². The summed E-state index contributed by atoms with van der Waals surface area (Å²) in [4.78, 5) is 18.5. The molecule has 23 heavy (non-hydrogen) atoms. The molecule has 2 heterocycles. The highest BCUT2D eigenvalue weighted by atomic mass is 32.1. The fourth-order valence-electron chi connectivity index (χ4n) is 2.08. The fourth-order valence-corrected chi connectivity index (χ4v) is 2.89. The van der Waals surface area contributed by atoms with Gasteiger partial charge in [-0.05, 0) is 12.1 Å². The first kappa shape index (κ1) is 14.9. The smallest absolute Gasteiger partial charge is 0.270 e. The van der Waals surface area contributed by atoms with E-state index in [1.54, 1.807) is 24.0 Å². The van der Waals surface area contributed by atoms with E-state index in [1.165, 1.54) is 23.5 Å². The fraction of sp³-hybridized carbons (Fsp3) is 0.0667. The van der Waals surface area contributed by atoms with Gasteiger partial charge in [0.25, 0.3) is 5.69 Å². The number of thiazole rings is 1. The maximum absolute atomic E-state index is 11.0. The molecule has 0 aliphatic carbocycles. The lowest BCUT2D eigenvalue weighted by molar-refractivity contribution is -0.384. The van der Waals surface area contributed by atoms with Gasteiger partial charge in [-0.2, -0.15) is 5.10 Å². The van der Waals surface area contributed by atoms with Crippen LogP contribution >= 0.6 is 11.3 Å². The van der Waals surface area contributed by atoms with Crippen molar-refractivity contribution in [2.45, 2.75) is 0 Å². The molecule has 0 atom stereocenters. The summed E-state index contributed by atoms with van der Waals surface area (Å²) in [5.74, 6) is 0. The molecule has 116 valence electrons. The van der Waals surface area contributed by atoms with E-state index in [2.05, 4.69) is 15.1 Å². The molecular weight excluding hydrogens is 314 g/mol. The van der Waals surface area contributed by atoms with Crippen LogP contribution in [0.1, 0.15) is 5.69 Å². The van der Waals surface area contributed by atoms with Crippen LogP contribution in [0.25, 0.3) is 11.3 Å². The molecule has 2 aromatic heterocycles. The molecule has 0 aliphatic rings. The second-order valence-corrected chi connectivity index (χ2v) is 5.45. The molecule has 0 radical (unpaired) electrons. The Bertz CT molecular complexity index is 922. The van der Waals surface area contributed by atoms with Gasteiger partial charge in [0, 0.05) is 36.3 Å². The van der Waals surface area contributed by atoms with Crippen molar-refractivity contribution in [2.24, 2.45) is 10.1 Å². The number of non-ortho nitro benzene ring substituents is 1. The molecule has 0 saturated carbocycles. The number of nitrogens with zero attached hydrogens (tertiary/aromatic N) is 4. The molecule has 0 fully saturated rings. The number of benzene rings is 1. The monoisotopic (exact) mass is 327 g/mol. The largest absolute Gasteiger partial charge is 0.360 e. The van der Waals surface area contributed by atoms with Crippen molar-refractivity contribution in [3.63, 3.8) is 0 Å². The highest BCUT2D eigenvalue weighted by Crippen LogP contribution is 2.24. The summed E-state index contributed by atoms with van der Waals surface area (Å²) < 4.78 is 1.67. The summed E-state index contributed by atoms with van der Waals surface area (Å²) in [5, 5.41) is 17.3. The molecule has 3 rings (SSSR count). The number of nitrogens with one attached hydrogen (secondary N) is 1. The second-order valence-electron chi connectivity index (χ2n) is 4.62. The van der Waals surface area contributed by atoms with Gasteiger partial charge >= 0.3 is 0 Å². The van der Waals surface area contributed by atoms with E-state index in [0.717, 1.165) is 11.4 Å². The van der Waals surface area contributed by atoms with Crippen LogP contribution in [0.3, 0.4) is 0 Å². The van der Waals surface area contributed by atoms with Crippen LogP contribution in [-0.4, -0.2) is 27.8 Å². The summed E-state index contributed by atoms with van der Waals surface area (Å²) in [6, 6.07) is 10.2. The number of rotatable bonds is 4. The van der Waals surface area contributed by atoms with Crippen LogP contribution in [0.15, 0.2) is 58.1 Å². The van der Waals surface area contributed by atoms with Crippen molar-refractivity contribution < 1.29 is 4.92 Å². The standard InChI is InChI=1S/C15H13N5O2S/c1-16-15-19(18-9-12-5-3-7-17-12)14(10-23-15)11-4-2-6-13(8-11)20(21)22/h2-10,17H,1H3. The molecular formula is C15H13N5O2S. The molecule has 0 bridgehead atoms. The number of hydrogen-bond acceptors (Lipinski definition) is 5. The molecule has 0 spiro atoms. The molecule has 0 saturated heterocycles. The van der Waals surface area contributed by atoms with Crippen LogP contribution < -0.4 is 4.80 Å². The zero-order valence-electron chi connectivity index (χ0n) is 12.2. The molecule has 3 aromatic rings. The van der Waals surface area contributed by atoms with Crippen molar-refractivity contribution in [3.05, 3.63) is 68.6 Å². The third-order valence-corrected chi connectivity index (χ3v) is 4.07. The lowest BCUT2D eigenvalue weighted by atomic mass is 10.1. The minimum atomic E-state index is -0.409. The predicted molar refractivity (Wildman–Crippen MR) is 89.7 cm³/mol. The Morgan fingerprint density at radius 2 is 2.22 bits per heavy atom. The van der Waals surface area contributed by atoms with Gasteiger partial charge in [0.05, 0.1) is 22.5 Å². The van der Waals surface area contributed by atoms with Crippen LogP contribution in [0, 0.1) is 10.1 Å². The minimum absolute atomic E-state index is 0.0450. The molecule has 0 aliphatic heterocycles. The summed E-state index contributed by atoms with van der Waals surface area (Å²) in [6.07, 6.45) is 3.49. The molecule has 7 nitrogen and oxygen atoms in total. The minimum Gasteiger partial charge on any atom is -0.360 e. The number of aromatic nitrogens is 2. The number of H-pyrrole nitrogens is 1. The van der Waals surface area contributed by atoms with Gasteiger partial charge in [-0.15, -0.1) is 11.3 Å². The lowest BCUT2D eigenvalue weighted by Gasteiger charge is -2.03. The summed E-state index contributed by atoms with van der Waals surface area (Å²) in [5.41, 5.74) is 2.37. The van der Waals surface area contributed by atoms with Crippen LogP contribution in [-0.2, 0) is 0 Å². The number of nitro benzene ring substituents is 1. The Labute approximate surface area is 135 Å². The summed E-state index contributed by atoms with van der Waals surface area (Å²) >= 11 is 1.42. The van der Waals surface area contributed by atoms with Crippen molar-refractivity contribution in [3.8, 4) is 11.3 Å². The highest BCUT2D eigenvalue weighted by Gasteiger charge is 2.11. The highest BCUT2D eigenvalue weighted by molar-refractivity contribution is 7.07. The van der Waals surface area contributed by atoms with E-state index in [9.17, 15) is 10.1 Å². The maximum atomic E-state index is 11.0. The SMILES string of the molecule is CN=c1scc(-c2cccc([N+](=O)[O-])c2)n1N=Cc1ccc[nH]1. The van der Waals surface area contributed by atoms with E-state index < -0.39 is 4.92 Å². The van der Waals surface area contributed by atoms with E-state index in [0.29, 0.717) is 10.4 Å². The van der Waals surface area contributed by atoms with Crippen molar-refractivity contribution in [1.29, 1.82) is 0 Å². The second kappa shape index (κ2) is 6.41. The van der Waals surface area contributed by atoms with Gasteiger partial charge in [0.2, 0.25) is 4.80 Å². The number of aromatic amines is 1. The maximum Gasteiger partial charge on any atom is 0.270 e. The normalized spacial score (nSPS) is 12.1. The Kier molecular flexibility index (Phi) is 4.15. The number of hydrogen-bond donors (Lipinski definition) is 1. The summed E-state index contributed by atoms with van der Waals surface area (Å²) in [7, 11) is 1.68. The van der Waals surface area contributed by atoms with Crippen LogP contribution in [0.5, 0.6) is 0 Å². The van der Waals surface area contributed by atoms with Crippen molar-refractivity contribution in [2.75, 3.05) is 7.05 Å². The topological polar surface area (TPSA) is 88.6 Å².